The van der Waals surface area contributed by atoms with Crippen molar-refractivity contribution >= 4 is 29.4 Å². The first-order valence-corrected chi connectivity index (χ1v) is 12.3. The third-order valence-electron chi connectivity index (χ3n) is 7.04. The first-order chi connectivity index (χ1) is 17.3. The van der Waals surface area contributed by atoms with Gasteiger partial charge in [0.25, 0.3) is 5.91 Å². The summed E-state index contributed by atoms with van der Waals surface area (Å²) in [6.45, 7) is 1.55. The predicted octanol–water partition coefficient (Wildman–Crippen LogP) is 2.10. The number of benzene rings is 1. The molecule has 2 aromatic rings. The number of pyridine rings is 1. The van der Waals surface area contributed by atoms with Gasteiger partial charge in [-0.05, 0) is 36.5 Å². The molecule has 0 spiro atoms. The van der Waals surface area contributed by atoms with Crippen LogP contribution >= 0.6 is 0 Å². The Balaban J connectivity index is 1.52. The molecule has 2 heterocycles. The largest absolute Gasteiger partial charge is 0.346 e. The molecule has 1 aliphatic carbocycles. The van der Waals surface area contributed by atoms with E-state index in [0.717, 1.165) is 31.2 Å². The fourth-order valence-electron chi connectivity index (χ4n) is 5.06. The van der Waals surface area contributed by atoms with Crippen molar-refractivity contribution in [2.75, 3.05) is 0 Å². The van der Waals surface area contributed by atoms with Crippen molar-refractivity contribution in [1.29, 1.82) is 0 Å². The third kappa shape index (κ3) is 5.67. The van der Waals surface area contributed by atoms with Gasteiger partial charge in [0.2, 0.25) is 17.7 Å². The average molecular weight is 491 g/mol. The van der Waals surface area contributed by atoms with Gasteiger partial charge in [-0.3, -0.25) is 34.3 Å². The number of nitrogens with zero attached hydrogens (tertiary/aromatic N) is 1. The number of carbonyl (C=O) groups is 5. The molecule has 0 bridgehead atoms. The van der Waals surface area contributed by atoms with Gasteiger partial charge >= 0.3 is 0 Å². The summed E-state index contributed by atoms with van der Waals surface area (Å²) in [6.07, 6.45) is 4.79. The Morgan fingerprint density at radius 1 is 0.972 bits per heavy atom. The summed E-state index contributed by atoms with van der Waals surface area (Å²) in [6, 6.07) is 12.6. The molecule has 188 valence electrons. The number of amides is 4. The minimum Gasteiger partial charge on any atom is -0.346 e. The van der Waals surface area contributed by atoms with Crippen LogP contribution in [0.2, 0.25) is 0 Å². The Morgan fingerprint density at radius 2 is 1.67 bits per heavy atom. The fourth-order valence-corrected chi connectivity index (χ4v) is 5.06. The molecule has 0 radical (unpaired) electrons. The van der Waals surface area contributed by atoms with Crippen LogP contribution in [0.4, 0.5) is 0 Å². The van der Waals surface area contributed by atoms with E-state index in [9.17, 15) is 24.0 Å². The number of Topliss-reactive ketones (excluding diaryl/α,β-unsaturated/α-hetero) is 1. The second kappa shape index (κ2) is 11.2. The maximum Gasteiger partial charge on any atom is 0.270 e. The Kier molecular flexibility index (Phi) is 7.87. The molecule has 1 unspecified atom stereocenters. The van der Waals surface area contributed by atoms with Crippen LogP contribution in [0.25, 0.3) is 0 Å². The number of imide groups is 1. The molecule has 1 aliphatic heterocycles. The molecule has 4 atom stereocenters. The summed E-state index contributed by atoms with van der Waals surface area (Å²) in [5.41, 5.74) is 0.957. The lowest BCUT2D eigenvalue weighted by molar-refractivity contribution is -0.137. The zero-order valence-electron chi connectivity index (χ0n) is 20.1. The minimum absolute atomic E-state index is 0.101. The van der Waals surface area contributed by atoms with Gasteiger partial charge < -0.3 is 10.6 Å². The van der Waals surface area contributed by atoms with Gasteiger partial charge in [-0.1, -0.05) is 56.2 Å². The monoisotopic (exact) mass is 490 g/mol. The number of rotatable bonds is 9. The van der Waals surface area contributed by atoms with Crippen LogP contribution in [0.15, 0.2) is 54.7 Å². The third-order valence-corrected chi connectivity index (χ3v) is 7.04. The SMILES string of the molecule is C[C@@H]1C(=O)NC(=O)[C@H]1C(=O)C(NC(=O)C[C@H](NC(=O)c1ccccn1)c1ccccc1)C1CCCC1. The molecule has 4 amide bonds. The van der Waals surface area contributed by atoms with Crippen molar-refractivity contribution in [3.8, 4) is 0 Å². The van der Waals surface area contributed by atoms with E-state index in [1.165, 1.54) is 6.20 Å². The Bertz CT molecular complexity index is 1130. The zero-order chi connectivity index (χ0) is 25.7. The molecular formula is C27H30N4O5. The maximum absolute atomic E-state index is 13.4. The minimum atomic E-state index is -1.11. The Morgan fingerprint density at radius 3 is 2.28 bits per heavy atom. The molecule has 1 aromatic heterocycles. The van der Waals surface area contributed by atoms with E-state index in [1.54, 1.807) is 25.1 Å². The lowest BCUT2D eigenvalue weighted by Gasteiger charge is -2.27. The highest BCUT2D eigenvalue weighted by molar-refractivity contribution is 6.16. The number of hydrogen-bond acceptors (Lipinski definition) is 6. The van der Waals surface area contributed by atoms with Crippen LogP contribution < -0.4 is 16.0 Å². The first-order valence-electron chi connectivity index (χ1n) is 12.3. The summed E-state index contributed by atoms with van der Waals surface area (Å²) in [7, 11) is 0. The Labute approximate surface area is 209 Å². The van der Waals surface area contributed by atoms with Gasteiger partial charge in [0.1, 0.15) is 11.6 Å². The van der Waals surface area contributed by atoms with Crippen molar-refractivity contribution in [3.05, 3.63) is 66.0 Å². The molecule has 36 heavy (non-hydrogen) atoms. The molecule has 9 heteroatoms. The van der Waals surface area contributed by atoms with E-state index < -0.39 is 53.3 Å². The fraction of sp³-hybridized carbons (Fsp3) is 0.407. The number of nitrogens with one attached hydrogen (secondary N) is 3. The summed E-state index contributed by atoms with van der Waals surface area (Å²) >= 11 is 0. The second-order valence-corrected chi connectivity index (χ2v) is 9.47. The van der Waals surface area contributed by atoms with Crippen LogP contribution in [0, 0.1) is 17.8 Å². The van der Waals surface area contributed by atoms with Gasteiger partial charge in [0.15, 0.2) is 5.78 Å². The molecule has 9 nitrogen and oxygen atoms in total. The summed E-state index contributed by atoms with van der Waals surface area (Å²) < 4.78 is 0. The van der Waals surface area contributed by atoms with Gasteiger partial charge in [0, 0.05) is 6.20 Å². The molecule has 2 fully saturated rings. The highest BCUT2D eigenvalue weighted by Gasteiger charge is 2.47. The topological polar surface area (TPSA) is 134 Å². The second-order valence-electron chi connectivity index (χ2n) is 9.47. The van der Waals surface area contributed by atoms with E-state index in [-0.39, 0.29) is 18.0 Å². The standard InChI is InChI=1S/C27H30N4O5/c1-16-22(27(36)31-25(16)34)24(33)23(18-11-5-6-12-18)30-21(32)15-20(17-9-3-2-4-10-17)29-26(35)19-13-7-8-14-28-19/h2-4,7-10,13-14,16,18,20,22-23H,5-6,11-12,15H2,1H3,(H,29,35)(H,30,32)(H,31,34,36)/t16-,20-,22+,23?/m0/s1. The van der Waals surface area contributed by atoms with Crippen LogP contribution in [0.5, 0.6) is 0 Å². The molecule has 1 saturated heterocycles. The molecule has 3 N–H and O–H groups in total. The lowest BCUT2D eigenvalue weighted by atomic mass is 9.83. The summed E-state index contributed by atoms with van der Waals surface area (Å²) in [4.78, 5) is 67.9. The molecular weight excluding hydrogens is 460 g/mol. The predicted molar refractivity (Wildman–Crippen MR) is 130 cm³/mol. The Hall–Kier alpha value is -3.88. The smallest absolute Gasteiger partial charge is 0.270 e. The zero-order valence-corrected chi connectivity index (χ0v) is 20.1. The van der Waals surface area contributed by atoms with Gasteiger partial charge in [-0.25, -0.2) is 0 Å². The van der Waals surface area contributed by atoms with E-state index >= 15 is 0 Å². The molecule has 2 aliphatic rings. The van der Waals surface area contributed by atoms with E-state index in [1.807, 2.05) is 30.3 Å². The first kappa shape index (κ1) is 25.2. The summed E-state index contributed by atoms with van der Waals surface area (Å²) in [5.74, 6) is -4.35. The molecule has 1 saturated carbocycles. The quantitative estimate of drug-likeness (QED) is 0.364. The van der Waals surface area contributed by atoms with Crippen LogP contribution in [0.1, 0.15) is 61.1 Å². The van der Waals surface area contributed by atoms with E-state index in [2.05, 4.69) is 20.9 Å². The highest BCUT2D eigenvalue weighted by atomic mass is 16.2. The maximum atomic E-state index is 13.4. The lowest BCUT2D eigenvalue weighted by Crippen LogP contribution is -2.50. The van der Waals surface area contributed by atoms with Crippen molar-refractivity contribution in [1.82, 2.24) is 20.9 Å². The van der Waals surface area contributed by atoms with Crippen molar-refractivity contribution < 1.29 is 24.0 Å². The number of hydrogen-bond donors (Lipinski definition) is 3. The van der Waals surface area contributed by atoms with Crippen molar-refractivity contribution in [2.24, 2.45) is 17.8 Å². The van der Waals surface area contributed by atoms with Gasteiger partial charge in [0.05, 0.1) is 24.4 Å². The van der Waals surface area contributed by atoms with Crippen molar-refractivity contribution in [2.45, 2.75) is 51.1 Å². The molecule has 1 aromatic carbocycles. The number of ketones is 1. The highest BCUT2D eigenvalue weighted by Crippen LogP contribution is 2.32. The number of carbonyl (C=O) groups excluding carboxylic acids is 5. The summed E-state index contributed by atoms with van der Waals surface area (Å²) in [5, 5.41) is 7.95. The van der Waals surface area contributed by atoms with E-state index in [4.69, 9.17) is 0 Å². The molecule has 4 rings (SSSR count). The van der Waals surface area contributed by atoms with Gasteiger partial charge in [-0.15, -0.1) is 0 Å². The van der Waals surface area contributed by atoms with Crippen LogP contribution in [-0.2, 0) is 19.2 Å². The van der Waals surface area contributed by atoms with Gasteiger partial charge in [-0.2, -0.15) is 0 Å². The van der Waals surface area contributed by atoms with Crippen molar-refractivity contribution in [3.63, 3.8) is 0 Å². The normalized spacial score (nSPS) is 21.5. The average Bonchev–Trinajstić information content (AvgIpc) is 3.50. The van der Waals surface area contributed by atoms with E-state index in [0.29, 0.717) is 0 Å². The number of aromatic nitrogens is 1. The van der Waals surface area contributed by atoms with Crippen LogP contribution in [-0.4, -0.2) is 40.4 Å². The van der Waals surface area contributed by atoms with Crippen LogP contribution in [0.3, 0.4) is 0 Å².